The molecule has 3 rings (SSSR count). The van der Waals surface area contributed by atoms with Crippen LogP contribution in [0.5, 0.6) is 0 Å². The number of fused-ring (bicyclic) bond motifs is 1. The van der Waals surface area contributed by atoms with Crippen LogP contribution in [0.15, 0.2) is 23.2 Å². The third kappa shape index (κ3) is 4.99. The number of esters is 1. The van der Waals surface area contributed by atoms with Crippen LogP contribution in [0.25, 0.3) is 0 Å². The van der Waals surface area contributed by atoms with Crippen molar-refractivity contribution < 1.29 is 23.6 Å². The molecule has 1 saturated heterocycles. The Kier molecular flexibility index (Phi) is 6.48. The Morgan fingerprint density at radius 1 is 1.16 bits per heavy atom. The zero-order chi connectivity index (χ0) is 24.1. The maximum atomic E-state index is 12.5. The number of hydrogen-bond acceptors (Lipinski definition) is 6. The summed E-state index contributed by atoms with van der Waals surface area (Å²) in [6.45, 7) is 17.7. The maximum absolute atomic E-state index is 12.5. The summed E-state index contributed by atoms with van der Waals surface area (Å²) < 4.78 is 17.9. The van der Waals surface area contributed by atoms with Crippen molar-refractivity contribution in [1.29, 1.82) is 0 Å². The van der Waals surface area contributed by atoms with Crippen LogP contribution in [-0.4, -0.2) is 47.9 Å². The lowest BCUT2D eigenvalue weighted by atomic mass is 9.75. The van der Waals surface area contributed by atoms with Gasteiger partial charge in [-0.1, -0.05) is 25.1 Å². The molecule has 0 amide bonds. The molecule has 1 aromatic carbocycles. The molecule has 1 aromatic rings. The van der Waals surface area contributed by atoms with Gasteiger partial charge in [-0.25, -0.2) is 0 Å². The fourth-order valence-electron chi connectivity index (χ4n) is 4.15. The Balaban J connectivity index is 1.94. The zero-order valence-corrected chi connectivity index (χ0v) is 20.9. The van der Waals surface area contributed by atoms with Crippen LogP contribution in [0.2, 0.25) is 0 Å². The molecule has 0 aliphatic carbocycles. The molecular weight excluding hydrogens is 405 g/mol. The van der Waals surface area contributed by atoms with E-state index in [1.54, 1.807) is 0 Å². The second-order valence-electron chi connectivity index (χ2n) is 11.0. The normalized spacial score (nSPS) is 24.4. The van der Waals surface area contributed by atoms with E-state index in [-0.39, 0.29) is 30.0 Å². The predicted molar refractivity (Wildman–Crippen MR) is 127 cm³/mol. The van der Waals surface area contributed by atoms with E-state index in [1.807, 2.05) is 66.7 Å². The molecule has 0 aromatic heterocycles. The monoisotopic (exact) mass is 441 g/mol. The molecule has 1 fully saturated rings. The molecule has 6 nitrogen and oxygen atoms in total. The summed E-state index contributed by atoms with van der Waals surface area (Å²) in [5.74, 6) is -0.359. The van der Waals surface area contributed by atoms with Crippen molar-refractivity contribution in [2.24, 2.45) is 10.9 Å². The van der Waals surface area contributed by atoms with E-state index in [9.17, 15) is 9.59 Å². The number of benzene rings is 1. The third-order valence-corrected chi connectivity index (χ3v) is 6.72. The van der Waals surface area contributed by atoms with Crippen LogP contribution in [0.4, 0.5) is 0 Å². The molecule has 0 saturated carbocycles. The fourth-order valence-corrected chi connectivity index (χ4v) is 4.15. The summed E-state index contributed by atoms with van der Waals surface area (Å²) >= 11 is 0. The number of Topliss-reactive ketones (excluding diaryl/α,β-unsaturated/α-hetero) is 1. The molecule has 2 unspecified atom stereocenters. The summed E-state index contributed by atoms with van der Waals surface area (Å²) in [5, 5.41) is 0. The largest absolute Gasteiger partial charge is 0.494 e. The molecule has 0 N–H and O–H groups in total. The number of ketones is 1. The van der Waals surface area contributed by atoms with Gasteiger partial charge in [-0.05, 0) is 71.3 Å². The van der Waals surface area contributed by atoms with Crippen molar-refractivity contribution in [2.75, 3.05) is 6.54 Å². The van der Waals surface area contributed by atoms with E-state index >= 15 is 0 Å². The van der Waals surface area contributed by atoms with Gasteiger partial charge in [0.2, 0.25) is 0 Å². The Labute approximate surface area is 192 Å². The van der Waals surface area contributed by atoms with E-state index in [2.05, 4.69) is 11.9 Å². The van der Waals surface area contributed by atoms with E-state index in [4.69, 9.17) is 14.0 Å². The van der Waals surface area contributed by atoms with Crippen molar-refractivity contribution in [2.45, 2.75) is 91.5 Å². The molecular formula is C25H36BNO5. The highest BCUT2D eigenvalue weighted by Crippen LogP contribution is 2.37. The van der Waals surface area contributed by atoms with Crippen LogP contribution < -0.4 is 5.46 Å². The van der Waals surface area contributed by atoms with Gasteiger partial charge in [0, 0.05) is 19.0 Å². The Morgan fingerprint density at radius 3 is 2.28 bits per heavy atom. The molecule has 2 heterocycles. The third-order valence-electron chi connectivity index (χ3n) is 6.72. The average molecular weight is 441 g/mol. The highest BCUT2D eigenvalue weighted by molar-refractivity contribution is 6.62. The first-order valence-electron chi connectivity index (χ1n) is 11.4. The summed E-state index contributed by atoms with van der Waals surface area (Å²) in [6.07, 6.45) is 0.255. The molecule has 2 aliphatic heterocycles. The van der Waals surface area contributed by atoms with Crippen molar-refractivity contribution in [1.82, 2.24) is 0 Å². The van der Waals surface area contributed by atoms with Crippen molar-refractivity contribution in [3.8, 4) is 0 Å². The van der Waals surface area contributed by atoms with Gasteiger partial charge >= 0.3 is 13.1 Å². The molecule has 0 spiro atoms. The second-order valence-corrected chi connectivity index (χ2v) is 11.0. The van der Waals surface area contributed by atoms with Crippen LogP contribution >= 0.6 is 0 Å². The maximum Gasteiger partial charge on any atom is 0.494 e. The van der Waals surface area contributed by atoms with Gasteiger partial charge in [-0.3, -0.25) is 14.6 Å². The van der Waals surface area contributed by atoms with E-state index in [1.165, 1.54) is 6.92 Å². The number of aliphatic imine (C=N–C) groups is 1. The first-order valence-corrected chi connectivity index (χ1v) is 11.4. The van der Waals surface area contributed by atoms with Crippen molar-refractivity contribution in [3.63, 3.8) is 0 Å². The quantitative estimate of drug-likeness (QED) is 0.525. The minimum absolute atomic E-state index is 0.0328. The van der Waals surface area contributed by atoms with Gasteiger partial charge in [0.05, 0.1) is 17.6 Å². The summed E-state index contributed by atoms with van der Waals surface area (Å²) in [5.41, 5.74) is 1.66. The van der Waals surface area contributed by atoms with Gasteiger partial charge in [0.15, 0.2) is 5.78 Å². The molecule has 0 radical (unpaired) electrons. The average Bonchev–Trinajstić information content (AvgIpc) is 2.76. The Morgan fingerprint density at radius 2 is 1.75 bits per heavy atom. The Hall–Kier alpha value is -1.99. The highest BCUT2D eigenvalue weighted by atomic mass is 16.7. The minimum Gasteiger partial charge on any atom is -0.460 e. The fraction of sp³-hybridized carbons (Fsp3) is 0.640. The lowest BCUT2D eigenvalue weighted by Gasteiger charge is -2.32. The first kappa shape index (κ1) is 24.7. The summed E-state index contributed by atoms with van der Waals surface area (Å²) in [6, 6.07) is 5.97. The summed E-state index contributed by atoms with van der Waals surface area (Å²) in [4.78, 5) is 29.6. The number of hydrogen-bond donors (Lipinski definition) is 0. The van der Waals surface area contributed by atoms with Gasteiger partial charge in [-0.15, -0.1) is 0 Å². The van der Waals surface area contributed by atoms with Crippen LogP contribution in [0.3, 0.4) is 0 Å². The smallest absolute Gasteiger partial charge is 0.460 e. The lowest BCUT2D eigenvalue weighted by Crippen LogP contribution is -2.41. The van der Waals surface area contributed by atoms with Gasteiger partial charge in [-0.2, -0.15) is 0 Å². The Bertz CT molecular complexity index is 928. The SMILES string of the molecule is CC(=O)C1=NCC(CC(=O)OC(C)(C)C)C(C)c2ccc(B3OC(C)(C)C(C)(C)O3)cc21. The van der Waals surface area contributed by atoms with Crippen LogP contribution in [0, 0.1) is 5.92 Å². The van der Waals surface area contributed by atoms with Crippen LogP contribution in [-0.2, 0) is 23.6 Å². The van der Waals surface area contributed by atoms with Crippen LogP contribution in [0.1, 0.15) is 85.8 Å². The van der Waals surface area contributed by atoms with E-state index in [0.717, 1.165) is 16.6 Å². The predicted octanol–water partition coefficient (Wildman–Crippen LogP) is 3.83. The molecule has 7 heteroatoms. The minimum atomic E-state index is -0.533. The van der Waals surface area contributed by atoms with Crippen molar-refractivity contribution >= 4 is 30.0 Å². The number of carbonyl (C=O) groups excluding carboxylic acids is 2. The van der Waals surface area contributed by atoms with Gasteiger partial charge < -0.3 is 14.0 Å². The number of rotatable bonds is 4. The van der Waals surface area contributed by atoms with Crippen molar-refractivity contribution in [3.05, 3.63) is 29.3 Å². The second kappa shape index (κ2) is 8.42. The summed E-state index contributed by atoms with van der Waals surface area (Å²) in [7, 11) is -0.519. The standard InChI is InChI=1S/C25H36BNO5/c1-15-17(12-21(29)30-23(3,4)5)14-27-22(16(2)28)20-13-18(10-11-19(15)20)26-31-24(6,7)25(8,9)32-26/h10-11,13,15,17H,12,14H2,1-9H3. The highest BCUT2D eigenvalue weighted by Gasteiger charge is 2.52. The lowest BCUT2D eigenvalue weighted by molar-refractivity contribution is -0.156. The topological polar surface area (TPSA) is 74.2 Å². The first-order chi connectivity index (χ1) is 14.6. The molecule has 2 aliphatic rings. The molecule has 174 valence electrons. The van der Waals surface area contributed by atoms with E-state index < -0.39 is 23.9 Å². The number of ether oxygens (including phenoxy) is 1. The van der Waals surface area contributed by atoms with Gasteiger partial charge in [0.25, 0.3) is 0 Å². The molecule has 0 bridgehead atoms. The molecule has 2 atom stereocenters. The number of nitrogens with zero attached hydrogens (tertiary/aromatic N) is 1. The zero-order valence-electron chi connectivity index (χ0n) is 20.9. The van der Waals surface area contributed by atoms with E-state index in [0.29, 0.717) is 12.3 Å². The molecule has 32 heavy (non-hydrogen) atoms. The number of carbonyl (C=O) groups is 2. The van der Waals surface area contributed by atoms with Gasteiger partial charge in [0.1, 0.15) is 11.3 Å².